The molecule has 0 saturated carbocycles. The zero-order valence-electron chi connectivity index (χ0n) is 12.1. The average molecular weight is 384 g/mol. The number of hydrogen-bond acceptors (Lipinski definition) is 6. The Morgan fingerprint density at radius 1 is 1.29 bits per heavy atom. The van der Waals surface area contributed by atoms with Crippen molar-refractivity contribution in [2.75, 3.05) is 11.6 Å². The van der Waals surface area contributed by atoms with E-state index in [2.05, 4.69) is 15.5 Å². The Morgan fingerprint density at radius 2 is 1.92 bits per heavy atom. The number of amides is 1. The lowest BCUT2D eigenvalue weighted by Gasteiger charge is -2.16. The molecule has 0 fully saturated rings. The van der Waals surface area contributed by atoms with Gasteiger partial charge >= 0.3 is 17.5 Å². The van der Waals surface area contributed by atoms with E-state index < -0.39 is 32.4 Å². The highest BCUT2D eigenvalue weighted by Crippen LogP contribution is 2.37. The molecule has 24 heavy (non-hydrogen) atoms. The van der Waals surface area contributed by atoms with Gasteiger partial charge in [0.05, 0.1) is 10.5 Å². The fraction of sp³-hybridized carbons (Fsp3) is 0.250. The minimum Gasteiger partial charge on any atom is -0.394 e. The van der Waals surface area contributed by atoms with Gasteiger partial charge in [-0.1, -0.05) is 10.2 Å². The van der Waals surface area contributed by atoms with Gasteiger partial charge in [-0.2, -0.15) is 13.2 Å². The van der Waals surface area contributed by atoms with E-state index in [9.17, 15) is 26.4 Å². The number of anilines is 1. The van der Waals surface area contributed by atoms with Crippen molar-refractivity contribution in [1.29, 1.82) is 0 Å². The molecule has 0 aliphatic heterocycles. The third-order valence-electron chi connectivity index (χ3n) is 2.95. The molecule has 130 valence electrons. The summed E-state index contributed by atoms with van der Waals surface area (Å²) in [5.41, 5.74) is -1.99. The van der Waals surface area contributed by atoms with Crippen molar-refractivity contribution in [3.05, 3.63) is 34.2 Å². The van der Waals surface area contributed by atoms with Crippen LogP contribution in [0.15, 0.2) is 21.4 Å². The van der Waals surface area contributed by atoms with Gasteiger partial charge in [0.25, 0.3) is 5.91 Å². The van der Waals surface area contributed by atoms with E-state index in [-0.39, 0.29) is 22.5 Å². The number of carbonyl (C=O) groups excluding carboxylic acids is 1. The first-order valence-corrected chi connectivity index (χ1v) is 8.39. The van der Waals surface area contributed by atoms with Crippen LogP contribution in [0, 0.1) is 6.92 Å². The summed E-state index contributed by atoms with van der Waals surface area (Å²) in [6, 6.07) is 1.00. The lowest BCUT2D eigenvalue weighted by atomic mass is 10.0. The van der Waals surface area contributed by atoms with E-state index in [1.807, 2.05) is 0 Å². The van der Waals surface area contributed by atoms with Crippen molar-refractivity contribution in [2.45, 2.75) is 18.0 Å². The van der Waals surface area contributed by atoms with Crippen molar-refractivity contribution in [2.24, 2.45) is 0 Å². The topological polar surface area (TPSA) is 102 Å². The highest BCUT2D eigenvalue weighted by Gasteiger charge is 2.38. The first-order valence-electron chi connectivity index (χ1n) is 6.12. The van der Waals surface area contributed by atoms with Gasteiger partial charge in [-0.05, 0) is 36.2 Å². The van der Waals surface area contributed by atoms with Crippen LogP contribution in [0.4, 0.5) is 19.2 Å². The first-order chi connectivity index (χ1) is 10.9. The molecule has 7 nitrogen and oxygen atoms in total. The quantitative estimate of drug-likeness (QED) is 0.874. The zero-order valence-corrected chi connectivity index (χ0v) is 13.7. The van der Waals surface area contributed by atoms with Gasteiger partial charge in [0, 0.05) is 11.8 Å². The number of benzene rings is 1. The van der Waals surface area contributed by atoms with Crippen LogP contribution in [0.1, 0.15) is 21.5 Å². The maximum absolute atomic E-state index is 13.0. The number of halogens is 4. The van der Waals surface area contributed by atoms with Gasteiger partial charge in [-0.3, -0.25) is 10.1 Å². The Balaban J connectivity index is 2.55. The van der Waals surface area contributed by atoms with Crippen molar-refractivity contribution < 1.29 is 30.8 Å². The number of aromatic nitrogens is 2. The molecule has 1 heterocycles. The number of sulfone groups is 1. The first kappa shape index (κ1) is 18.2. The van der Waals surface area contributed by atoms with Crippen LogP contribution in [0.2, 0.25) is 5.35 Å². The number of rotatable bonds is 3. The van der Waals surface area contributed by atoms with Crippen molar-refractivity contribution in [1.82, 2.24) is 10.2 Å². The van der Waals surface area contributed by atoms with Gasteiger partial charge in [0.15, 0.2) is 9.84 Å². The maximum atomic E-state index is 13.0. The van der Waals surface area contributed by atoms with E-state index in [1.165, 1.54) is 0 Å². The van der Waals surface area contributed by atoms with Crippen LogP contribution in [0.25, 0.3) is 0 Å². The summed E-state index contributed by atoms with van der Waals surface area (Å²) in [5, 5.41) is 8.40. The van der Waals surface area contributed by atoms with Gasteiger partial charge in [-0.25, -0.2) is 8.42 Å². The molecule has 0 atom stereocenters. The molecule has 0 saturated heterocycles. The van der Waals surface area contributed by atoms with Gasteiger partial charge in [0.2, 0.25) is 0 Å². The summed E-state index contributed by atoms with van der Waals surface area (Å²) in [6.07, 6.45) is -4.26. The second-order valence-corrected chi connectivity index (χ2v) is 6.97. The van der Waals surface area contributed by atoms with E-state index >= 15 is 0 Å². The van der Waals surface area contributed by atoms with Crippen LogP contribution < -0.4 is 5.32 Å². The van der Waals surface area contributed by atoms with Crippen LogP contribution in [-0.2, 0) is 16.0 Å². The third kappa shape index (κ3) is 3.67. The lowest BCUT2D eigenvalue weighted by molar-refractivity contribution is -0.139. The fourth-order valence-corrected chi connectivity index (χ4v) is 3.42. The van der Waals surface area contributed by atoms with E-state index in [1.54, 1.807) is 0 Å². The minimum atomic E-state index is -4.89. The van der Waals surface area contributed by atoms with E-state index in [0.717, 1.165) is 13.0 Å². The molecule has 2 rings (SSSR count). The van der Waals surface area contributed by atoms with Crippen LogP contribution in [0.3, 0.4) is 0 Å². The maximum Gasteiger partial charge on any atom is 0.417 e. The predicted molar refractivity (Wildman–Crippen MR) is 76.6 cm³/mol. The number of hydrogen-bond donors (Lipinski definition) is 1. The highest BCUT2D eigenvalue weighted by atomic mass is 35.5. The molecule has 0 aliphatic carbocycles. The zero-order chi connectivity index (χ0) is 18.3. The molecule has 12 heteroatoms. The number of carbonyl (C=O) groups is 1. The average Bonchev–Trinajstić information content (AvgIpc) is 2.80. The molecular formula is C12H9ClF3N3O4S. The number of alkyl halides is 3. The summed E-state index contributed by atoms with van der Waals surface area (Å²) in [4.78, 5) is 11.2. The number of nitrogens with one attached hydrogen (secondary N) is 1. The molecule has 1 amide bonds. The molecule has 0 spiro atoms. The molecule has 0 aliphatic rings. The summed E-state index contributed by atoms with van der Waals surface area (Å²) >= 11 is 5.38. The van der Waals surface area contributed by atoms with Crippen LogP contribution >= 0.6 is 11.6 Å². The summed E-state index contributed by atoms with van der Waals surface area (Å²) in [5.74, 6) is -0.925. The standard InChI is InChI=1S/C12H9ClF3N3O4S/c1-5-6(9(20)17-11-19-18-10(13)23-11)3-4-7(12(14,15)16)8(5)24(2,21)22/h3-4H,1-2H3,(H,17,19,20). The monoisotopic (exact) mass is 383 g/mol. The van der Waals surface area contributed by atoms with Crippen molar-refractivity contribution in [3.8, 4) is 0 Å². The van der Waals surface area contributed by atoms with Gasteiger partial charge in [-0.15, -0.1) is 0 Å². The van der Waals surface area contributed by atoms with E-state index in [4.69, 9.17) is 16.0 Å². The Labute approximate surface area is 138 Å². The van der Waals surface area contributed by atoms with Gasteiger partial charge in [0.1, 0.15) is 0 Å². The molecule has 2 aromatic rings. The van der Waals surface area contributed by atoms with Crippen LogP contribution in [-0.4, -0.2) is 30.8 Å². The summed E-state index contributed by atoms with van der Waals surface area (Å²) in [6.45, 7) is 1.10. The van der Waals surface area contributed by atoms with Crippen LogP contribution in [0.5, 0.6) is 0 Å². The normalized spacial score (nSPS) is 12.2. The van der Waals surface area contributed by atoms with Crippen molar-refractivity contribution in [3.63, 3.8) is 0 Å². The Morgan fingerprint density at radius 3 is 2.38 bits per heavy atom. The molecule has 1 aromatic carbocycles. The molecule has 0 unspecified atom stereocenters. The predicted octanol–water partition coefficient (Wildman–Crippen LogP) is 2.71. The summed E-state index contributed by atoms with van der Waals surface area (Å²) in [7, 11) is -4.24. The smallest absolute Gasteiger partial charge is 0.394 e. The number of nitrogens with zero attached hydrogens (tertiary/aromatic N) is 2. The second kappa shape index (κ2) is 6.06. The largest absolute Gasteiger partial charge is 0.417 e. The second-order valence-electron chi connectivity index (χ2n) is 4.70. The lowest BCUT2D eigenvalue weighted by Crippen LogP contribution is -2.19. The van der Waals surface area contributed by atoms with Gasteiger partial charge < -0.3 is 4.42 Å². The fourth-order valence-electron chi connectivity index (χ4n) is 2.06. The SMILES string of the molecule is Cc1c(C(=O)Nc2nnc(Cl)o2)ccc(C(F)(F)F)c1S(C)(=O)=O. The van der Waals surface area contributed by atoms with E-state index in [0.29, 0.717) is 12.3 Å². The van der Waals surface area contributed by atoms with Crippen molar-refractivity contribution >= 4 is 33.4 Å². The Bertz CT molecular complexity index is 909. The summed E-state index contributed by atoms with van der Waals surface area (Å²) < 4.78 is 67.3. The molecule has 1 aromatic heterocycles. The molecular weight excluding hydrogens is 375 g/mol. The molecule has 0 bridgehead atoms. The molecule has 0 radical (unpaired) electrons. The third-order valence-corrected chi connectivity index (χ3v) is 4.37. The minimum absolute atomic E-state index is 0.294. The Kier molecular flexibility index (Phi) is 4.59. The molecule has 1 N–H and O–H groups in total. The highest BCUT2D eigenvalue weighted by molar-refractivity contribution is 7.90. The Hall–Kier alpha value is -2.14.